The normalized spacial score (nSPS) is 30.0. The van der Waals surface area contributed by atoms with Crippen molar-refractivity contribution in [3.05, 3.63) is 48.0 Å². The molecule has 0 aliphatic carbocycles. The summed E-state index contributed by atoms with van der Waals surface area (Å²) in [4.78, 5) is 0. The first-order valence-electron chi connectivity index (χ1n) is 16.2. The highest BCUT2D eigenvalue weighted by Gasteiger charge is 2.44. The van der Waals surface area contributed by atoms with Gasteiger partial charge in [0.25, 0.3) is 0 Å². The van der Waals surface area contributed by atoms with E-state index in [0.717, 1.165) is 24.8 Å². The van der Waals surface area contributed by atoms with Crippen LogP contribution in [0.1, 0.15) is 80.2 Å². The van der Waals surface area contributed by atoms with Crippen molar-refractivity contribution in [1.82, 2.24) is 0 Å². The van der Waals surface area contributed by atoms with Crippen LogP contribution in [-0.4, -0.2) is 60.4 Å². The van der Waals surface area contributed by atoms with Gasteiger partial charge in [0.1, 0.15) is 0 Å². The van der Waals surface area contributed by atoms with Crippen LogP contribution in [0.4, 0.5) is 0 Å². The lowest BCUT2D eigenvalue weighted by Gasteiger charge is -2.45. The van der Waals surface area contributed by atoms with Crippen LogP contribution in [0.3, 0.4) is 0 Å². The smallest absolute Gasteiger partial charge is 0.192 e. The Morgan fingerprint density at radius 3 is 1.86 bits per heavy atom. The second-order valence-corrected chi connectivity index (χ2v) is 25.7. The van der Waals surface area contributed by atoms with Gasteiger partial charge in [0, 0.05) is 6.42 Å². The second-order valence-electron chi connectivity index (χ2n) is 16.1. The molecule has 7 atom stereocenters. The molecular formula is C35H62O5Si2. The minimum atomic E-state index is -1.88. The molecule has 0 radical (unpaired) electrons. The van der Waals surface area contributed by atoms with Gasteiger partial charge in [-0.2, -0.15) is 0 Å². The van der Waals surface area contributed by atoms with Gasteiger partial charge in [0.2, 0.25) is 0 Å². The van der Waals surface area contributed by atoms with Gasteiger partial charge in [-0.05, 0) is 72.1 Å². The lowest BCUT2D eigenvalue weighted by atomic mass is 9.83. The Bertz CT molecular complexity index is 997. The summed E-state index contributed by atoms with van der Waals surface area (Å²) in [5.74, 6) is 0.714. The molecule has 0 amide bonds. The summed E-state index contributed by atoms with van der Waals surface area (Å²) in [6, 6.07) is 10.4. The molecule has 2 saturated heterocycles. The molecule has 42 heavy (non-hydrogen) atoms. The summed E-state index contributed by atoms with van der Waals surface area (Å²) in [5.41, 5.74) is 2.35. The average molecular weight is 619 g/mol. The van der Waals surface area contributed by atoms with Gasteiger partial charge in [-0.25, -0.2) is 0 Å². The Balaban J connectivity index is 1.75. The van der Waals surface area contributed by atoms with Crippen LogP contribution in [0.15, 0.2) is 42.5 Å². The number of hydrogen-bond acceptors (Lipinski definition) is 5. The maximum Gasteiger partial charge on any atom is 0.192 e. The molecule has 2 fully saturated rings. The fourth-order valence-electron chi connectivity index (χ4n) is 5.43. The fraction of sp³-hybridized carbons (Fsp3) is 0.771. The van der Waals surface area contributed by atoms with Crippen LogP contribution < -0.4 is 0 Å². The van der Waals surface area contributed by atoms with Crippen molar-refractivity contribution < 1.29 is 23.1 Å². The van der Waals surface area contributed by atoms with Crippen molar-refractivity contribution in [2.75, 3.05) is 13.2 Å². The summed E-state index contributed by atoms with van der Waals surface area (Å²) in [5, 5.41) is 0.340. The van der Waals surface area contributed by atoms with Crippen molar-refractivity contribution in [2.45, 2.75) is 148 Å². The molecule has 0 aromatic heterocycles. The molecule has 0 bridgehead atoms. The van der Waals surface area contributed by atoms with E-state index in [-0.39, 0.29) is 40.6 Å². The molecule has 0 unspecified atom stereocenters. The largest absolute Gasteiger partial charge is 0.414 e. The van der Waals surface area contributed by atoms with Crippen molar-refractivity contribution in [3.63, 3.8) is 0 Å². The maximum atomic E-state index is 6.87. The quantitative estimate of drug-likeness (QED) is 0.183. The molecule has 1 aromatic carbocycles. The van der Waals surface area contributed by atoms with Gasteiger partial charge in [0.05, 0.1) is 50.3 Å². The minimum absolute atomic E-state index is 0.0232. The van der Waals surface area contributed by atoms with E-state index >= 15 is 0 Å². The van der Waals surface area contributed by atoms with Gasteiger partial charge in [-0.15, -0.1) is 0 Å². The third kappa shape index (κ3) is 9.35. The highest BCUT2D eigenvalue weighted by atomic mass is 28.4. The van der Waals surface area contributed by atoms with Crippen molar-refractivity contribution >= 4 is 16.6 Å². The highest BCUT2D eigenvalue weighted by Crippen LogP contribution is 2.41. The molecule has 2 heterocycles. The molecule has 5 nitrogen and oxygen atoms in total. The first kappa shape index (κ1) is 35.7. The predicted molar refractivity (Wildman–Crippen MR) is 180 cm³/mol. The zero-order valence-electron chi connectivity index (χ0n) is 28.9. The van der Waals surface area contributed by atoms with E-state index in [4.69, 9.17) is 23.1 Å². The van der Waals surface area contributed by atoms with E-state index in [1.165, 1.54) is 5.56 Å². The van der Waals surface area contributed by atoms with E-state index < -0.39 is 16.6 Å². The lowest BCUT2D eigenvalue weighted by Crippen LogP contribution is -2.51. The van der Waals surface area contributed by atoms with Gasteiger partial charge >= 0.3 is 0 Å². The Morgan fingerprint density at radius 1 is 0.810 bits per heavy atom. The average Bonchev–Trinajstić information content (AvgIpc) is 2.88. The van der Waals surface area contributed by atoms with Crippen LogP contribution in [-0.2, 0) is 29.7 Å². The van der Waals surface area contributed by atoms with Crippen molar-refractivity contribution in [1.29, 1.82) is 0 Å². The van der Waals surface area contributed by atoms with Gasteiger partial charge in [0.15, 0.2) is 16.6 Å². The second kappa shape index (κ2) is 14.1. The number of benzene rings is 1. The van der Waals surface area contributed by atoms with Crippen LogP contribution in [0.25, 0.3) is 0 Å². The zero-order valence-corrected chi connectivity index (χ0v) is 30.9. The Labute approximate surface area is 260 Å². The maximum absolute atomic E-state index is 6.87. The van der Waals surface area contributed by atoms with Gasteiger partial charge in [-0.3, -0.25) is 0 Å². The van der Waals surface area contributed by atoms with Crippen molar-refractivity contribution in [3.8, 4) is 0 Å². The standard InChI is InChI=1S/C35H62O5Si2/c1-25-19-29(23-37-41(10,11)34(4,5)6)39-31(27(25)3)21-32-33(36-22-28-17-15-14-16-18-28)26(2)20-30(40-32)24-38-42(12,13)35(7,8)9/h14-18,25-26,29-33H,3,19-24H2,1-2,4-13H3/t25-,26-,29-,30-,31-,32+,33+/m1/s1. The molecule has 0 N–H and O–H groups in total. The van der Waals surface area contributed by atoms with Crippen LogP contribution >= 0.6 is 0 Å². The Morgan fingerprint density at radius 2 is 1.33 bits per heavy atom. The monoisotopic (exact) mass is 618 g/mol. The number of rotatable bonds is 11. The lowest BCUT2D eigenvalue weighted by molar-refractivity contribution is -0.188. The Hall–Kier alpha value is -0.806. The first-order valence-corrected chi connectivity index (χ1v) is 22.1. The van der Waals surface area contributed by atoms with E-state index in [1.807, 2.05) is 6.07 Å². The number of hydrogen-bond donors (Lipinski definition) is 0. The molecule has 7 heteroatoms. The molecule has 3 rings (SSSR count). The van der Waals surface area contributed by atoms with E-state index in [1.54, 1.807) is 0 Å². The summed E-state index contributed by atoms with van der Waals surface area (Å²) in [6.45, 7) is 33.9. The van der Waals surface area contributed by atoms with E-state index in [0.29, 0.717) is 31.7 Å². The zero-order chi connectivity index (χ0) is 31.5. The Kier molecular flexibility index (Phi) is 12.0. The summed E-state index contributed by atoms with van der Waals surface area (Å²) in [7, 11) is -3.74. The van der Waals surface area contributed by atoms with Gasteiger partial charge in [-0.1, -0.05) is 92.3 Å². The SMILES string of the molecule is C=C1[C@H](C)C[C@H](CO[Si](C)(C)C(C)(C)C)O[C@@H]1C[C@@H]1O[C@@H](CO[Si](C)(C)C(C)(C)C)C[C@@H](C)[C@@H]1OCc1ccccc1. The van der Waals surface area contributed by atoms with E-state index in [2.05, 4.69) is 112 Å². The predicted octanol–water partition coefficient (Wildman–Crippen LogP) is 9.15. The molecule has 0 saturated carbocycles. The molecule has 2 aliphatic rings. The summed E-state index contributed by atoms with van der Waals surface area (Å²) in [6.07, 6.45) is 2.51. The minimum Gasteiger partial charge on any atom is -0.414 e. The summed E-state index contributed by atoms with van der Waals surface area (Å²) < 4.78 is 33.5. The van der Waals surface area contributed by atoms with Crippen LogP contribution in [0.2, 0.25) is 36.3 Å². The molecular weight excluding hydrogens is 557 g/mol. The molecule has 0 spiro atoms. The molecule has 1 aromatic rings. The number of ether oxygens (including phenoxy) is 3. The van der Waals surface area contributed by atoms with Crippen molar-refractivity contribution in [2.24, 2.45) is 11.8 Å². The third-order valence-corrected chi connectivity index (χ3v) is 19.6. The highest BCUT2D eigenvalue weighted by molar-refractivity contribution is 6.74. The molecule has 2 aliphatic heterocycles. The third-order valence-electron chi connectivity index (χ3n) is 10.6. The van der Waals surface area contributed by atoms with Crippen LogP contribution in [0, 0.1) is 11.8 Å². The summed E-state index contributed by atoms with van der Waals surface area (Å²) >= 11 is 0. The van der Waals surface area contributed by atoms with Crippen LogP contribution in [0.5, 0.6) is 0 Å². The van der Waals surface area contributed by atoms with Gasteiger partial charge < -0.3 is 23.1 Å². The molecule has 240 valence electrons. The first-order chi connectivity index (χ1) is 19.3. The topological polar surface area (TPSA) is 46.2 Å². The fourth-order valence-corrected chi connectivity index (χ4v) is 7.50. The van der Waals surface area contributed by atoms with E-state index in [9.17, 15) is 0 Å².